The molecule has 0 bridgehead atoms. The molecule has 0 spiro atoms. The third-order valence-corrected chi connectivity index (χ3v) is 5.68. The van der Waals surface area contributed by atoms with E-state index in [1.165, 1.54) is 18.4 Å². The summed E-state index contributed by atoms with van der Waals surface area (Å²) in [5.74, 6) is 0.740. The molecule has 26 heavy (non-hydrogen) atoms. The van der Waals surface area contributed by atoms with Gasteiger partial charge < -0.3 is 10.2 Å². The molecule has 4 heteroatoms. The van der Waals surface area contributed by atoms with Gasteiger partial charge in [-0.3, -0.25) is 9.78 Å². The average molecular weight is 351 g/mol. The van der Waals surface area contributed by atoms with E-state index in [4.69, 9.17) is 4.98 Å². The van der Waals surface area contributed by atoms with Crippen LogP contribution in [0, 0.1) is 6.92 Å². The highest BCUT2D eigenvalue weighted by Crippen LogP contribution is 2.40. The van der Waals surface area contributed by atoms with Gasteiger partial charge in [0.2, 0.25) is 0 Å². The first-order chi connectivity index (χ1) is 12.7. The van der Waals surface area contributed by atoms with Gasteiger partial charge in [0, 0.05) is 29.6 Å². The Morgan fingerprint density at radius 1 is 1.19 bits per heavy atom. The second kappa shape index (κ2) is 7.36. The minimum absolute atomic E-state index is 0.193. The molecule has 2 aliphatic rings. The van der Waals surface area contributed by atoms with Crippen molar-refractivity contribution >= 4 is 16.8 Å². The van der Waals surface area contributed by atoms with Crippen molar-refractivity contribution < 1.29 is 4.79 Å². The van der Waals surface area contributed by atoms with Crippen LogP contribution in [0.15, 0.2) is 24.3 Å². The summed E-state index contributed by atoms with van der Waals surface area (Å²) < 4.78 is 0. The topological polar surface area (TPSA) is 45.2 Å². The highest BCUT2D eigenvalue weighted by molar-refractivity contribution is 6.06. The number of carbonyl (C=O) groups excluding carboxylic acids is 1. The normalized spacial score (nSPS) is 18.2. The van der Waals surface area contributed by atoms with Gasteiger partial charge in [-0.15, -0.1) is 0 Å². The van der Waals surface area contributed by atoms with Crippen molar-refractivity contribution in [2.75, 3.05) is 19.6 Å². The SMILES string of the molecule is CCCN(C(=O)c1cc(C2CC2)nc2ccc(C)cc12)C1CCNCC1. The first-order valence-corrected chi connectivity index (χ1v) is 10.1. The number of hydrogen-bond acceptors (Lipinski definition) is 3. The summed E-state index contributed by atoms with van der Waals surface area (Å²) >= 11 is 0. The van der Waals surface area contributed by atoms with Crippen LogP contribution in [0.1, 0.15) is 66.6 Å². The minimum Gasteiger partial charge on any atom is -0.336 e. The van der Waals surface area contributed by atoms with E-state index < -0.39 is 0 Å². The Hall–Kier alpha value is -1.94. The van der Waals surface area contributed by atoms with Gasteiger partial charge in [0.1, 0.15) is 0 Å². The molecule has 2 heterocycles. The number of rotatable bonds is 5. The lowest BCUT2D eigenvalue weighted by atomic mass is 9.99. The maximum Gasteiger partial charge on any atom is 0.254 e. The van der Waals surface area contributed by atoms with E-state index in [9.17, 15) is 4.79 Å². The molecule has 2 aromatic rings. The second-order valence-corrected chi connectivity index (χ2v) is 7.87. The van der Waals surface area contributed by atoms with Crippen molar-refractivity contribution in [3.8, 4) is 0 Å². The molecule has 1 aliphatic heterocycles. The molecule has 4 rings (SSSR count). The molecule has 1 amide bonds. The number of nitrogens with zero attached hydrogens (tertiary/aromatic N) is 2. The second-order valence-electron chi connectivity index (χ2n) is 7.87. The number of pyridine rings is 1. The van der Waals surface area contributed by atoms with Crippen molar-refractivity contribution in [1.82, 2.24) is 15.2 Å². The zero-order chi connectivity index (χ0) is 18.1. The number of piperidine rings is 1. The zero-order valence-corrected chi connectivity index (χ0v) is 15.9. The number of aromatic nitrogens is 1. The number of fused-ring (bicyclic) bond motifs is 1. The molecule has 1 N–H and O–H groups in total. The molecule has 0 atom stereocenters. The quantitative estimate of drug-likeness (QED) is 0.885. The first kappa shape index (κ1) is 17.5. The van der Waals surface area contributed by atoms with Crippen LogP contribution in [0.25, 0.3) is 10.9 Å². The van der Waals surface area contributed by atoms with Crippen LogP contribution >= 0.6 is 0 Å². The van der Waals surface area contributed by atoms with Crippen molar-refractivity contribution in [3.05, 3.63) is 41.1 Å². The predicted molar refractivity (Wildman–Crippen MR) is 106 cm³/mol. The third-order valence-electron chi connectivity index (χ3n) is 5.68. The van der Waals surface area contributed by atoms with Gasteiger partial charge in [0.15, 0.2) is 0 Å². The third kappa shape index (κ3) is 3.48. The average Bonchev–Trinajstić information content (AvgIpc) is 3.51. The van der Waals surface area contributed by atoms with Crippen LogP contribution in [-0.4, -0.2) is 41.5 Å². The van der Waals surface area contributed by atoms with Gasteiger partial charge in [-0.1, -0.05) is 18.6 Å². The molecule has 1 saturated carbocycles. The molecule has 1 aliphatic carbocycles. The number of carbonyl (C=O) groups is 1. The Labute approximate surface area is 156 Å². The Bertz CT molecular complexity index is 806. The summed E-state index contributed by atoms with van der Waals surface area (Å²) in [5.41, 5.74) is 4.10. The molecule has 1 aromatic carbocycles. The van der Waals surface area contributed by atoms with Crippen LogP contribution in [0.4, 0.5) is 0 Å². The molecule has 1 aromatic heterocycles. The van der Waals surface area contributed by atoms with Crippen LogP contribution in [-0.2, 0) is 0 Å². The Morgan fingerprint density at radius 2 is 1.96 bits per heavy atom. The fourth-order valence-electron chi connectivity index (χ4n) is 4.09. The van der Waals surface area contributed by atoms with Gasteiger partial charge in [-0.05, 0) is 70.3 Å². The van der Waals surface area contributed by atoms with Gasteiger partial charge in [0.25, 0.3) is 5.91 Å². The molecular weight excluding hydrogens is 322 g/mol. The van der Waals surface area contributed by atoms with E-state index in [-0.39, 0.29) is 5.91 Å². The lowest BCUT2D eigenvalue weighted by molar-refractivity contribution is 0.0644. The minimum atomic E-state index is 0.193. The fourth-order valence-corrected chi connectivity index (χ4v) is 4.09. The summed E-state index contributed by atoms with van der Waals surface area (Å²) in [6.07, 6.45) is 5.48. The van der Waals surface area contributed by atoms with Crippen LogP contribution in [0.5, 0.6) is 0 Å². The summed E-state index contributed by atoms with van der Waals surface area (Å²) in [6.45, 7) is 7.08. The van der Waals surface area contributed by atoms with E-state index in [0.29, 0.717) is 12.0 Å². The van der Waals surface area contributed by atoms with Crippen LogP contribution in [0.2, 0.25) is 0 Å². The maximum absolute atomic E-state index is 13.6. The number of nitrogens with one attached hydrogen (secondary N) is 1. The molecular formula is C22H29N3O. The van der Waals surface area contributed by atoms with Gasteiger partial charge >= 0.3 is 0 Å². The number of aryl methyl sites for hydroxylation is 1. The Morgan fingerprint density at radius 3 is 2.65 bits per heavy atom. The monoisotopic (exact) mass is 351 g/mol. The Balaban J connectivity index is 1.76. The van der Waals surface area contributed by atoms with E-state index >= 15 is 0 Å². The van der Waals surface area contributed by atoms with Gasteiger partial charge in [0.05, 0.1) is 11.1 Å². The van der Waals surface area contributed by atoms with Crippen molar-refractivity contribution in [2.45, 2.75) is 57.9 Å². The van der Waals surface area contributed by atoms with Crippen molar-refractivity contribution in [3.63, 3.8) is 0 Å². The highest BCUT2D eigenvalue weighted by atomic mass is 16.2. The zero-order valence-electron chi connectivity index (χ0n) is 15.9. The maximum atomic E-state index is 13.6. The summed E-state index contributed by atoms with van der Waals surface area (Å²) in [6, 6.07) is 8.73. The number of benzene rings is 1. The molecule has 4 nitrogen and oxygen atoms in total. The van der Waals surface area contributed by atoms with E-state index in [1.54, 1.807) is 0 Å². The smallest absolute Gasteiger partial charge is 0.254 e. The molecule has 0 radical (unpaired) electrons. The standard InChI is InChI=1S/C22H29N3O/c1-3-12-25(17-8-10-23-11-9-17)22(26)19-14-21(16-5-6-16)24-20-7-4-15(2)13-18(19)20/h4,7,13-14,16-17,23H,3,5-6,8-12H2,1-2H3. The highest BCUT2D eigenvalue weighted by Gasteiger charge is 2.30. The first-order valence-electron chi connectivity index (χ1n) is 10.1. The molecule has 2 fully saturated rings. The van der Waals surface area contributed by atoms with Crippen LogP contribution in [0.3, 0.4) is 0 Å². The predicted octanol–water partition coefficient (Wildman–Crippen LogP) is 4.02. The lowest BCUT2D eigenvalue weighted by Crippen LogP contribution is -2.46. The fraction of sp³-hybridized carbons (Fsp3) is 0.545. The van der Waals surface area contributed by atoms with Gasteiger partial charge in [-0.2, -0.15) is 0 Å². The summed E-state index contributed by atoms with van der Waals surface area (Å²) in [5, 5.41) is 4.42. The van der Waals surface area contributed by atoms with E-state index in [2.05, 4.69) is 48.3 Å². The molecule has 138 valence electrons. The van der Waals surface area contributed by atoms with Gasteiger partial charge in [-0.25, -0.2) is 0 Å². The summed E-state index contributed by atoms with van der Waals surface area (Å²) in [4.78, 5) is 20.6. The largest absolute Gasteiger partial charge is 0.336 e. The molecule has 1 saturated heterocycles. The van der Waals surface area contributed by atoms with Crippen molar-refractivity contribution in [2.24, 2.45) is 0 Å². The van der Waals surface area contributed by atoms with Crippen LogP contribution < -0.4 is 5.32 Å². The summed E-state index contributed by atoms with van der Waals surface area (Å²) in [7, 11) is 0. The lowest BCUT2D eigenvalue weighted by Gasteiger charge is -2.35. The van der Waals surface area contributed by atoms with Crippen molar-refractivity contribution in [1.29, 1.82) is 0 Å². The number of amides is 1. The van der Waals surface area contributed by atoms with E-state index in [1.807, 2.05) is 0 Å². The molecule has 0 unspecified atom stereocenters. The van der Waals surface area contributed by atoms with E-state index in [0.717, 1.165) is 61.1 Å². The Kier molecular flexibility index (Phi) is 4.94. The number of hydrogen-bond donors (Lipinski definition) is 1.